The molecule has 162 valence electrons. The number of alkyl halides is 3. The highest BCUT2D eigenvalue weighted by molar-refractivity contribution is 9.10. The number of carbonyl (C=O) groups is 1. The summed E-state index contributed by atoms with van der Waals surface area (Å²) in [6.07, 6.45) is -2.52. The highest BCUT2D eigenvalue weighted by atomic mass is 79.9. The molecule has 0 unspecified atom stereocenters. The lowest BCUT2D eigenvalue weighted by Gasteiger charge is -2.05. The Morgan fingerprint density at radius 1 is 1.37 bits per heavy atom. The number of benzene rings is 1. The zero-order chi connectivity index (χ0) is 22.5. The third kappa shape index (κ3) is 6.31. The molecule has 0 saturated heterocycles. The molecule has 0 aliphatic carbocycles. The minimum absolute atomic E-state index is 0.165. The SMILES string of the molecule is Cc1cccc(C(F)(F)F)c1.Cn1ncc(Br)c1-c1cc(C(=O)NCCN)sc1Cl. The van der Waals surface area contributed by atoms with E-state index in [1.54, 1.807) is 29.9 Å². The number of thiophene rings is 1. The summed E-state index contributed by atoms with van der Waals surface area (Å²) in [7, 11) is 1.82. The van der Waals surface area contributed by atoms with E-state index in [0.717, 1.165) is 27.9 Å². The van der Waals surface area contributed by atoms with Crippen LogP contribution in [-0.4, -0.2) is 28.8 Å². The second kappa shape index (κ2) is 10.4. The fourth-order valence-electron chi connectivity index (χ4n) is 2.45. The van der Waals surface area contributed by atoms with Gasteiger partial charge in [0.15, 0.2) is 0 Å². The predicted octanol–water partition coefficient (Wildman–Crippen LogP) is 5.27. The van der Waals surface area contributed by atoms with E-state index in [1.165, 1.54) is 17.4 Å². The summed E-state index contributed by atoms with van der Waals surface area (Å²) >= 11 is 10.9. The van der Waals surface area contributed by atoms with Crippen molar-refractivity contribution >= 4 is 44.8 Å². The van der Waals surface area contributed by atoms with Crippen molar-refractivity contribution in [3.63, 3.8) is 0 Å². The van der Waals surface area contributed by atoms with Crippen molar-refractivity contribution in [2.75, 3.05) is 13.1 Å². The van der Waals surface area contributed by atoms with Gasteiger partial charge in [-0.25, -0.2) is 0 Å². The van der Waals surface area contributed by atoms with E-state index in [0.29, 0.717) is 27.9 Å². The monoisotopic (exact) mass is 522 g/mol. The first-order valence-electron chi connectivity index (χ1n) is 8.64. The fourth-order valence-corrected chi connectivity index (χ4v) is 4.21. The molecule has 5 nitrogen and oxygen atoms in total. The number of carbonyl (C=O) groups excluding carboxylic acids is 1. The Kier molecular flexibility index (Phi) is 8.48. The first-order valence-corrected chi connectivity index (χ1v) is 10.6. The number of aryl methyl sites for hydroxylation is 2. The molecular weight excluding hydrogens is 505 g/mol. The molecule has 2 heterocycles. The number of nitrogens with one attached hydrogen (secondary N) is 1. The first-order chi connectivity index (χ1) is 14.0. The zero-order valence-corrected chi connectivity index (χ0v) is 19.2. The Bertz CT molecular complexity index is 1000. The Hall–Kier alpha value is -1.88. The molecule has 0 saturated carbocycles. The van der Waals surface area contributed by atoms with Crippen molar-refractivity contribution in [3.8, 4) is 11.3 Å². The molecule has 0 radical (unpaired) electrons. The second-order valence-electron chi connectivity index (χ2n) is 6.17. The van der Waals surface area contributed by atoms with Crippen molar-refractivity contribution in [1.29, 1.82) is 0 Å². The van der Waals surface area contributed by atoms with Crippen LogP contribution in [0.2, 0.25) is 4.34 Å². The molecule has 11 heteroatoms. The van der Waals surface area contributed by atoms with Crippen LogP contribution in [-0.2, 0) is 13.2 Å². The van der Waals surface area contributed by atoms with Gasteiger partial charge in [0.25, 0.3) is 5.91 Å². The van der Waals surface area contributed by atoms with Gasteiger partial charge in [-0.05, 0) is 35.0 Å². The van der Waals surface area contributed by atoms with E-state index in [1.807, 2.05) is 7.05 Å². The Morgan fingerprint density at radius 2 is 2.07 bits per heavy atom. The average Bonchev–Trinajstić information content (AvgIpc) is 3.21. The summed E-state index contributed by atoms with van der Waals surface area (Å²) in [4.78, 5) is 12.4. The summed E-state index contributed by atoms with van der Waals surface area (Å²) in [5, 5.41) is 6.85. The van der Waals surface area contributed by atoms with Gasteiger partial charge in [-0.15, -0.1) is 11.3 Å². The van der Waals surface area contributed by atoms with Crippen LogP contribution in [0.25, 0.3) is 11.3 Å². The van der Waals surface area contributed by atoms with Crippen LogP contribution in [0.1, 0.15) is 20.8 Å². The largest absolute Gasteiger partial charge is 0.416 e. The smallest absolute Gasteiger partial charge is 0.350 e. The van der Waals surface area contributed by atoms with Gasteiger partial charge in [0.2, 0.25) is 0 Å². The van der Waals surface area contributed by atoms with E-state index in [2.05, 4.69) is 26.3 Å². The maximum atomic E-state index is 12.0. The minimum atomic E-state index is -4.22. The molecular formula is C19H19BrClF3N4OS. The summed E-state index contributed by atoms with van der Waals surface area (Å²) in [5.74, 6) is -0.165. The highest BCUT2D eigenvalue weighted by Gasteiger charge is 2.29. The van der Waals surface area contributed by atoms with Crippen molar-refractivity contribution in [2.24, 2.45) is 12.8 Å². The van der Waals surface area contributed by atoms with Crippen LogP contribution in [0.5, 0.6) is 0 Å². The Labute approximate surface area is 189 Å². The van der Waals surface area contributed by atoms with Gasteiger partial charge in [-0.3, -0.25) is 9.48 Å². The summed E-state index contributed by atoms with van der Waals surface area (Å²) in [6, 6.07) is 6.99. The number of nitrogens with zero attached hydrogens (tertiary/aromatic N) is 2. The molecule has 1 amide bonds. The van der Waals surface area contributed by atoms with Crippen LogP contribution in [0.4, 0.5) is 13.2 Å². The molecule has 30 heavy (non-hydrogen) atoms. The van der Waals surface area contributed by atoms with E-state index in [4.69, 9.17) is 17.3 Å². The highest BCUT2D eigenvalue weighted by Crippen LogP contribution is 2.38. The topological polar surface area (TPSA) is 72.9 Å². The molecule has 3 rings (SSSR count). The van der Waals surface area contributed by atoms with E-state index in [-0.39, 0.29) is 5.91 Å². The molecule has 0 fully saturated rings. The molecule has 0 bridgehead atoms. The fraction of sp³-hybridized carbons (Fsp3) is 0.263. The van der Waals surface area contributed by atoms with Crippen molar-refractivity contribution < 1.29 is 18.0 Å². The molecule has 1 aromatic carbocycles. The van der Waals surface area contributed by atoms with Gasteiger partial charge in [0.1, 0.15) is 4.34 Å². The molecule has 0 aliphatic rings. The van der Waals surface area contributed by atoms with Gasteiger partial charge >= 0.3 is 6.18 Å². The maximum Gasteiger partial charge on any atom is 0.416 e. The number of rotatable bonds is 4. The van der Waals surface area contributed by atoms with Gasteiger partial charge in [-0.1, -0.05) is 35.4 Å². The third-order valence-electron chi connectivity index (χ3n) is 3.84. The second-order valence-corrected chi connectivity index (χ2v) is 8.68. The van der Waals surface area contributed by atoms with Crippen molar-refractivity contribution in [1.82, 2.24) is 15.1 Å². The van der Waals surface area contributed by atoms with Crippen molar-refractivity contribution in [2.45, 2.75) is 13.1 Å². The van der Waals surface area contributed by atoms with Gasteiger partial charge in [0.05, 0.1) is 26.8 Å². The predicted molar refractivity (Wildman–Crippen MR) is 117 cm³/mol. The van der Waals surface area contributed by atoms with Gasteiger partial charge in [0, 0.05) is 25.7 Å². The quantitative estimate of drug-likeness (QED) is 0.490. The molecule has 3 N–H and O–H groups in total. The summed E-state index contributed by atoms with van der Waals surface area (Å²) in [5.41, 5.74) is 7.03. The van der Waals surface area contributed by atoms with E-state index in [9.17, 15) is 18.0 Å². The Balaban J connectivity index is 0.000000248. The van der Waals surface area contributed by atoms with Crippen LogP contribution in [0.15, 0.2) is 41.0 Å². The lowest BCUT2D eigenvalue weighted by molar-refractivity contribution is -0.137. The normalized spacial score (nSPS) is 11.1. The molecule has 3 aromatic rings. The number of hydrogen-bond acceptors (Lipinski definition) is 4. The van der Waals surface area contributed by atoms with Crippen LogP contribution in [0.3, 0.4) is 0 Å². The number of hydrogen-bond donors (Lipinski definition) is 2. The molecule has 0 spiro atoms. The number of aromatic nitrogens is 2. The first kappa shape index (κ1) is 24.4. The number of halogens is 5. The lowest BCUT2D eigenvalue weighted by atomic mass is 10.1. The summed E-state index contributed by atoms with van der Waals surface area (Å²) < 4.78 is 39.0. The van der Waals surface area contributed by atoms with Crippen LogP contribution < -0.4 is 11.1 Å². The summed E-state index contributed by atoms with van der Waals surface area (Å²) in [6.45, 7) is 2.49. The molecule has 2 aromatic heterocycles. The van der Waals surface area contributed by atoms with Crippen molar-refractivity contribution in [3.05, 3.63) is 61.3 Å². The standard InChI is InChI=1S/C11H12BrClN4OS.C8H7F3/c1-17-9(7(12)5-16-17)6-4-8(19-10(6)13)11(18)15-3-2-14;1-6-3-2-4-7(5-6)8(9,10)11/h4-5H,2-3,14H2,1H3,(H,15,18);2-5H,1H3. The van der Waals surface area contributed by atoms with Crippen LogP contribution in [0, 0.1) is 6.92 Å². The molecule has 0 aliphatic heterocycles. The minimum Gasteiger partial charge on any atom is -0.350 e. The zero-order valence-electron chi connectivity index (χ0n) is 16.1. The Morgan fingerprint density at radius 3 is 2.57 bits per heavy atom. The lowest BCUT2D eigenvalue weighted by Crippen LogP contribution is -2.28. The molecule has 0 atom stereocenters. The van der Waals surface area contributed by atoms with E-state index >= 15 is 0 Å². The maximum absolute atomic E-state index is 12.0. The number of nitrogens with two attached hydrogens (primary N) is 1. The average molecular weight is 524 g/mol. The van der Waals surface area contributed by atoms with Gasteiger partial charge in [-0.2, -0.15) is 18.3 Å². The van der Waals surface area contributed by atoms with E-state index < -0.39 is 11.7 Å². The van der Waals surface area contributed by atoms with Gasteiger partial charge < -0.3 is 11.1 Å². The number of amides is 1. The third-order valence-corrected chi connectivity index (χ3v) is 5.77. The van der Waals surface area contributed by atoms with Crippen LogP contribution >= 0.6 is 38.9 Å².